The molecule has 1 aromatic heterocycles. The molecule has 0 radical (unpaired) electrons. The second-order valence-electron chi connectivity index (χ2n) is 5.81. The zero-order valence-corrected chi connectivity index (χ0v) is 12.9. The average Bonchev–Trinajstić information content (AvgIpc) is 2.40. The molecule has 1 atom stereocenters. The van der Waals surface area contributed by atoms with Crippen molar-refractivity contribution in [1.82, 2.24) is 4.98 Å². The fraction of sp³-hybridized carbons (Fsp3) is 0.688. The van der Waals surface area contributed by atoms with Gasteiger partial charge in [0.05, 0.1) is 6.10 Å². The highest BCUT2D eigenvalue weighted by Gasteiger charge is 2.21. The van der Waals surface area contributed by atoms with Gasteiger partial charge in [-0.05, 0) is 51.2 Å². The van der Waals surface area contributed by atoms with Gasteiger partial charge in [0, 0.05) is 31.9 Å². The van der Waals surface area contributed by atoms with Crippen LogP contribution >= 0.6 is 0 Å². The molecule has 1 aliphatic heterocycles. The van der Waals surface area contributed by atoms with E-state index in [2.05, 4.69) is 29.8 Å². The number of hydrogen-bond acceptors (Lipinski definition) is 4. The average molecular weight is 277 g/mol. The Morgan fingerprint density at radius 2 is 2.15 bits per heavy atom. The van der Waals surface area contributed by atoms with Crippen LogP contribution < -0.4 is 10.6 Å². The third kappa shape index (κ3) is 3.93. The van der Waals surface area contributed by atoms with Crippen LogP contribution in [-0.2, 0) is 11.2 Å². The lowest BCUT2D eigenvalue weighted by atomic mass is 10.1. The summed E-state index contributed by atoms with van der Waals surface area (Å²) in [5.74, 6) is 1.12. The summed E-state index contributed by atoms with van der Waals surface area (Å²) in [6.45, 7) is 9.11. The summed E-state index contributed by atoms with van der Waals surface area (Å²) in [4.78, 5) is 7.03. The van der Waals surface area contributed by atoms with Crippen molar-refractivity contribution in [1.29, 1.82) is 0 Å². The minimum Gasteiger partial charge on any atom is -0.378 e. The summed E-state index contributed by atoms with van der Waals surface area (Å²) < 4.78 is 5.70. The molecule has 20 heavy (non-hydrogen) atoms. The molecule has 0 spiro atoms. The number of ether oxygens (including phenoxy) is 1. The SMILES string of the molecule is CCOC1CCN(c2ncc(CC(C)N)cc2C)CC1. The number of piperidine rings is 1. The van der Waals surface area contributed by atoms with E-state index < -0.39 is 0 Å². The zero-order valence-electron chi connectivity index (χ0n) is 12.9. The molecule has 1 aromatic rings. The minimum absolute atomic E-state index is 0.184. The standard InChI is InChI=1S/C16H27N3O/c1-4-20-15-5-7-19(8-6-15)16-12(2)9-14(11-18-16)10-13(3)17/h9,11,13,15H,4-8,10,17H2,1-3H3. The summed E-state index contributed by atoms with van der Waals surface area (Å²) in [6.07, 6.45) is 5.47. The van der Waals surface area contributed by atoms with Crippen molar-refractivity contribution in [3.63, 3.8) is 0 Å². The number of aromatic nitrogens is 1. The van der Waals surface area contributed by atoms with Crippen LogP contribution in [-0.4, -0.2) is 36.8 Å². The zero-order chi connectivity index (χ0) is 14.5. The minimum atomic E-state index is 0.184. The molecule has 2 rings (SSSR count). The van der Waals surface area contributed by atoms with Crippen molar-refractivity contribution in [2.45, 2.75) is 52.2 Å². The van der Waals surface area contributed by atoms with Crippen LogP contribution in [0.15, 0.2) is 12.3 Å². The predicted molar refractivity (Wildman–Crippen MR) is 83.2 cm³/mol. The summed E-state index contributed by atoms with van der Waals surface area (Å²) in [5, 5.41) is 0. The second kappa shape index (κ2) is 7.04. The molecule has 0 aliphatic carbocycles. The third-order valence-electron chi connectivity index (χ3n) is 3.81. The van der Waals surface area contributed by atoms with Gasteiger partial charge in [-0.15, -0.1) is 0 Å². The highest BCUT2D eigenvalue weighted by molar-refractivity contribution is 5.47. The maximum absolute atomic E-state index is 5.85. The maximum Gasteiger partial charge on any atom is 0.131 e. The molecule has 2 N–H and O–H groups in total. The molecule has 1 saturated heterocycles. The number of nitrogens with two attached hydrogens (primary N) is 1. The van der Waals surface area contributed by atoms with E-state index in [1.165, 1.54) is 11.1 Å². The third-order valence-corrected chi connectivity index (χ3v) is 3.81. The van der Waals surface area contributed by atoms with Gasteiger partial charge in [0.1, 0.15) is 5.82 Å². The fourth-order valence-electron chi connectivity index (χ4n) is 2.91. The van der Waals surface area contributed by atoms with E-state index in [1.807, 2.05) is 13.1 Å². The lowest BCUT2D eigenvalue weighted by Gasteiger charge is -2.33. The van der Waals surface area contributed by atoms with E-state index in [9.17, 15) is 0 Å². The van der Waals surface area contributed by atoms with Gasteiger partial charge in [-0.1, -0.05) is 6.07 Å². The first-order valence-electron chi connectivity index (χ1n) is 7.67. The Hall–Kier alpha value is -1.13. The molecule has 0 amide bonds. The highest BCUT2D eigenvalue weighted by atomic mass is 16.5. The highest BCUT2D eigenvalue weighted by Crippen LogP contribution is 2.23. The predicted octanol–water partition coefficient (Wildman–Crippen LogP) is 2.29. The second-order valence-corrected chi connectivity index (χ2v) is 5.81. The monoisotopic (exact) mass is 277 g/mol. The largest absolute Gasteiger partial charge is 0.378 e. The fourth-order valence-corrected chi connectivity index (χ4v) is 2.91. The Balaban J connectivity index is 1.99. The first-order valence-corrected chi connectivity index (χ1v) is 7.67. The molecule has 1 aliphatic rings. The van der Waals surface area contributed by atoms with Gasteiger partial charge < -0.3 is 15.4 Å². The summed E-state index contributed by atoms with van der Waals surface area (Å²) in [5.41, 5.74) is 8.32. The van der Waals surface area contributed by atoms with Crippen molar-refractivity contribution in [3.8, 4) is 0 Å². The van der Waals surface area contributed by atoms with Crippen LogP contribution in [0.3, 0.4) is 0 Å². The van der Waals surface area contributed by atoms with Gasteiger partial charge in [-0.3, -0.25) is 0 Å². The number of anilines is 1. The summed E-state index contributed by atoms with van der Waals surface area (Å²) in [6, 6.07) is 2.41. The molecule has 0 bridgehead atoms. The summed E-state index contributed by atoms with van der Waals surface area (Å²) in [7, 11) is 0. The van der Waals surface area contributed by atoms with Crippen molar-refractivity contribution < 1.29 is 4.74 Å². The molecule has 4 nitrogen and oxygen atoms in total. The number of rotatable bonds is 5. The number of nitrogens with zero attached hydrogens (tertiary/aromatic N) is 2. The molecular formula is C16H27N3O. The molecule has 112 valence electrons. The maximum atomic E-state index is 5.85. The van der Waals surface area contributed by atoms with Crippen LogP contribution in [0.2, 0.25) is 0 Å². The molecule has 1 fully saturated rings. The number of aryl methyl sites for hydroxylation is 1. The van der Waals surface area contributed by atoms with Crippen LogP contribution in [0.5, 0.6) is 0 Å². The quantitative estimate of drug-likeness (QED) is 0.897. The van der Waals surface area contributed by atoms with Crippen LogP contribution in [0.25, 0.3) is 0 Å². The van der Waals surface area contributed by atoms with Crippen LogP contribution in [0.1, 0.15) is 37.8 Å². The van der Waals surface area contributed by atoms with Gasteiger partial charge in [0.25, 0.3) is 0 Å². The summed E-state index contributed by atoms with van der Waals surface area (Å²) >= 11 is 0. The molecule has 1 unspecified atom stereocenters. The molecular weight excluding hydrogens is 250 g/mol. The van der Waals surface area contributed by atoms with Gasteiger partial charge in [-0.2, -0.15) is 0 Å². The van der Waals surface area contributed by atoms with Crippen molar-refractivity contribution in [3.05, 3.63) is 23.4 Å². The first kappa shape index (κ1) is 15.3. The molecule has 2 heterocycles. The Labute approximate surface area is 122 Å². The van der Waals surface area contributed by atoms with Crippen molar-refractivity contribution >= 4 is 5.82 Å². The number of pyridine rings is 1. The Kier molecular flexibility index (Phi) is 5.38. The molecule has 0 aromatic carbocycles. The normalized spacial score (nSPS) is 18.3. The lowest BCUT2D eigenvalue weighted by molar-refractivity contribution is 0.0458. The van der Waals surface area contributed by atoms with Gasteiger partial charge in [0.2, 0.25) is 0 Å². The Morgan fingerprint density at radius 1 is 1.45 bits per heavy atom. The Morgan fingerprint density at radius 3 is 2.70 bits per heavy atom. The molecule has 0 saturated carbocycles. The van der Waals surface area contributed by atoms with Crippen LogP contribution in [0.4, 0.5) is 5.82 Å². The van der Waals surface area contributed by atoms with Crippen LogP contribution in [0, 0.1) is 6.92 Å². The topological polar surface area (TPSA) is 51.4 Å². The lowest BCUT2D eigenvalue weighted by Crippen LogP contribution is -2.38. The number of hydrogen-bond donors (Lipinski definition) is 1. The van der Waals surface area contributed by atoms with E-state index in [-0.39, 0.29) is 6.04 Å². The van der Waals surface area contributed by atoms with Gasteiger partial charge >= 0.3 is 0 Å². The van der Waals surface area contributed by atoms with Gasteiger partial charge in [0.15, 0.2) is 0 Å². The van der Waals surface area contributed by atoms with Crippen molar-refractivity contribution in [2.24, 2.45) is 5.73 Å². The van der Waals surface area contributed by atoms with Gasteiger partial charge in [-0.25, -0.2) is 4.98 Å². The van der Waals surface area contributed by atoms with E-state index in [1.54, 1.807) is 0 Å². The van der Waals surface area contributed by atoms with E-state index in [0.29, 0.717) is 6.10 Å². The first-order chi connectivity index (χ1) is 9.60. The van der Waals surface area contributed by atoms with E-state index >= 15 is 0 Å². The smallest absolute Gasteiger partial charge is 0.131 e. The van der Waals surface area contributed by atoms with Crippen molar-refractivity contribution in [2.75, 3.05) is 24.6 Å². The Bertz CT molecular complexity index is 426. The molecule has 4 heteroatoms. The van der Waals surface area contributed by atoms with E-state index in [0.717, 1.165) is 44.8 Å². The van der Waals surface area contributed by atoms with E-state index in [4.69, 9.17) is 10.5 Å².